The van der Waals surface area contributed by atoms with Crippen LogP contribution in [0, 0.1) is 5.92 Å². The van der Waals surface area contributed by atoms with Gasteiger partial charge in [-0.05, 0) is 43.8 Å². The number of hydrogen-bond acceptors (Lipinski definition) is 6. The number of nitrogens with zero attached hydrogens (tertiary/aromatic N) is 1. The molecule has 1 aromatic heterocycles. The number of rotatable bonds is 16. The molecule has 1 aliphatic rings. The molecule has 1 aliphatic carbocycles. The minimum Gasteiger partial charge on any atom is -0.303 e. The average molecular weight is 439 g/mol. The summed E-state index contributed by atoms with van der Waals surface area (Å²) in [6, 6.07) is 0. The number of thiazole rings is 1. The average Bonchev–Trinajstić information content (AvgIpc) is 3.10. The Morgan fingerprint density at radius 1 is 1.10 bits per heavy atom. The van der Waals surface area contributed by atoms with Crippen LogP contribution in [-0.4, -0.2) is 35.4 Å². The molecular weight excluding hydrogens is 400 g/mol. The lowest BCUT2D eigenvalue weighted by Crippen LogP contribution is -2.29. The van der Waals surface area contributed by atoms with Gasteiger partial charge in [-0.1, -0.05) is 45.4 Å². The van der Waals surface area contributed by atoms with E-state index in [1.165, 1.54) is 49.1 Å². The zero-order valence-corrected chi connectivity index (χ0v) is 19.7. The lowest BCUT2D eigenvalue weighted by Gasteiger charge is -2.20. The summed E-state index contributed by atoms with van der Waals surface area (Å²) in [5.74, 6) is 2.06. The molecule has 0 saturated heterocycles. The maximum absolute atomic E-state index is 12.3. The van der Waals surface area contributed by atoms with Gasteiger partial charge in [-0.2, -0.15) is 12.6 Å². The summed E-state index contributed by atoms with van der Waals surface area (Å²) in [6.07, 6.45) is 13.9. The van der Waals surface area contributed by atoms with Crippen LogP contribution in [0.4, 0.5) is 0 Å². The monoisotopic (exact) mass is 438 g/mol. The van der Waals surface area contributed by atoms with E-state index in [-0.39, 0.29) is 18.1 Å². The van der Waals surface area contributed by atoms with Crippen LogP contribution >= 0.6 is 24.0 Å². The number of aryl methyl sites for hydroxylation is 1. The van der Waals surface area contributed by atoms with E-state index in [4.69, 9.17) is 4.98 Å². The van der Waals surface area contributed by atoms with E-state index in [1.54, 1.807) is 11.3 Å². The molecule has 0 amide bonds. The molecule has 0 aliphatic heterocycles. The van der Waals surface area contributed by atoms with Crippen LogP contribution in [-0.2, 0) is 28.9 Å². The van der Waals surface area contributed by atoms with Crippen molar-refractivity contribution in [2.45, 2.75) is 90.4 Å². The molecule has 164 valence electrons. The number of ketones is 2. The second-order valence-electron chi connectivity index (χ2n) is 8.33. The zero-order valence-electron chi connectivity index (χ0n) is 18.0. The fourth-order valence-electron chi connectivity index (χ4n) is 3.94. The van der Waals surface area contributed by atoms with Gasteiger partial charge < -0.3 is 5.32 Å². The highest BCUT2D eigenvalue weighted by atomic mass is 32.1. The Kier molecular flexibility index (Phi) is 12.1. The zero-order chi connectivity index (χ0) is 20.9. The number of carbonyl (C=O) groups excluding carboxylic acids is 2. The Morgan fingerprint density at radius 3 is 2.66 bits per heavy atom. The molecule has 0 aromatic carbocycles. The molecule has 0 fully saturated rings. The normalized spacial score (nSPS) is 16.0. The first-order valence-electron chi connectivity index (χ1n) is 11.4. The predicted molar refractivity (Wildman–Crippen MR) is 125 cm³/mol. The molecule has 0 saturated carbocycles. The van der Waals surface area contributed by atoms with Crippen molar-refractivity contribution in [1.82, 2.24) is 10.3 Å². The molecule has 1 atom stereocenters. The van der Waals surface area contributed by atoms with Crippen molar-refractivity contribution in [3.63, 3.8) is 0 Å². The van der Waals surface area contributed by atoms with E-state index in [0.29, 0.717) is 19.4 Å². The molecule has 0 spiro atoms. The number of hydrogen-bond donors (Lipinski definition) is 2. The minimum atomic E-state index is 0.123. The molecular formula is C23H38N2O2S2. The molecule has 0 bridgehead atoms. The number of Topliss-reactive ketones (excluding diaryl/α,β-unsaturated/α-hetero) is 2. The third-order valence-electron chi connectivity index (χ3n) is 5.66. The van der Waals surface area contributed by atoms with Crippen molar-refractivity contribution >= 4 is 35.5 Å². The highest BCUT2D eigenvalue weighted by Gasteiger charge is 2.22. The number of nitrogens with one attached hydrogen (secondary N) is 1. The number of aromatic nitrogens is 1. The van der Waals surface area contributed by atoms with Gasteiger partial charge in [0.1, 0.15) is 10.8 Å². The predicted octanol–water partition coefficient (Wildman–Crippen LogP) is 4.98. The van der Waals surface area contributed by atoms with Gasteiger partial charge in [-0.3, -0.25) is 9.59 Å². The number of carbonyl (C=O) groups is 2. The van der Waals surface area contributed by atoms with E-state index in [0.717, 1.165) is 48.8 Å². The lowest BCUT2D eigenvalue weighted by molar-refractivity contribution is -0.119. The van der Waals surface area contributed by atoms with Gasteiger partial charge in [0.05, 0.1) is 25.2 Å². The fourth-order valence-corrected chi connectivity index (χ4v) is 5.42. The molecule has 2 rings (SSSR count). The maximum atomic E-state index is 12.3. The van der Waals surface area contributed by atoms with Crippen LogP contribution in [0.3, 0.4) is 0 Å². The topological polar surface area (TPSA) is 59.1 Å². The van der Waals surface area contributed by atoms with Crippen LogP contribution in [0.1, 0.15) is 86.7 Å². The Balaban J connectivity index is 1.60. The van der Waals surface area contributed by atoms with Gasteiger partial charge in [0.25, 0.3) is 0 Å². The summed E-state index contributed by atoms with van der Waals surface area (Å²) in [7, 11) is 0. The van der Waals surface area contributed by atoms with Crippen LogP contribution in [0.15, 0.2) is 0 Å². The summed E-state index contributed by atoms with van der Waals surface area (Å²) < 4.78 is 0. The first-order chi connectivity index (χ1) is 14.1. The van der Waals surface area contributed by atoms with Crippen LogP contribution in [0.25, 0.3) is 0 Å². The van der Waals surface area contributed by atoms with Gasteiger partial charge >= 0.3 is 0 Å². The summed E-state index contributed by atoms with van der Waals surface area (Å²) >= 11 is 5.93. The van der Waals surface area contributed by atoms with Gasteiger partial charge in [-0.15, -0.1) is 11.3 Å². The minimum absolute atomic E-state index is 0.123. The quantitative estimate of drug-likeness (QED) is 0.282. The van der Waals surface area contributed by atoms with E-state index < -0.39 is 0 Å². The standard InChI is InChI=1S/C23H38N2O2S2/c1-2-3-9-18-11-12-21-22(14-18)29-23(25-21)15-20(27)17-24-16-19(26)10-7-5-4-6-8-13-28/h18,24,28H,2-17H2,1H3/t18-/m0/s1. The van der Waals surface area contributed by atoms with Crippen molar-refractivity contribution in [3.05, 3.63) is 15.6 Å². The molecule has 29 heavy (non-hydrogen) atoms. The number of fused-ring (bicyclic) bond motifs is 1. The second-order valence-corrected chi connectivity index (χ2v) is 9.94. The van der Waals surface area contributed by atoms with Crippen molar-refractivity contribution in [3.8, 4) is 0 Å². The van der Waals surface area contributed by atoms with Gasteiger partial charge in [0.15, 0.2) is 5.78 Å². The summed E-state index contributed by atoms with van der Waals surface area (Å²) in [5.41, 5.74) is 1.23. The maximum Gasteiger partial charge on any atom is 0.153 e. The van der Waals surface area contributed by atoms with Crippen molar-refractivity contribution in [2.24, 2.45) is 5.92 Å². The summed E-state index contributed by atoms with van der Waals surface area (Å²) in [4.78, 5) is 30.3. The first-order valence-corrected chi connectivity index (χ1v) is 12.9. The van der Waals surface area contributed by atoms with Crippen molar-refractivity contribution in [2.75, 3.05) is 18.8 Å². The second kappa shape index (κ2) is 14.3. The summed E-state index contributed by atoms with van der Waals surface area (Å²) in [6.45, 7) is 2.81. The summed E-state index contributed by atoms with van der Waals surface area (Å²) in [5, 5.41) is 3.98. The fraction of sp³-hybridized carbons (Fsp3) is 0.783. The molecule has 1 heterocycles. The molecule has 1 aromatic rings. The Hall–Kier alpha value is -0.720. The van der Waals surface area contributed by atoms with Gasteiger partial charge in [0, 0.05) is 11.3 Å². The molecule has 1 N–H and O–H groups in total. The molecule has 6 heteroatoms. The van der Waals surface area contributed by atoms with Crippen molar-refractivity contribution in [1.29, 1.82) is 0 Å². The third kappa shape index (κ3) is 9.75. The van der Waals surface area contributed by atoms with Crippen LogP contribution in [0.2, 0.25) is 0 Å². The Morgan fingerprint density at radius 2 is 1.86 bits per heavy atom. The van der Waals surface area contributed by atoms with E-state index in [1.807, 2.05) is 0 Å². The molecule has 4 nitrogen and oxygen atoms in total. The smallest absolute Gasteiger partial charge is 0.153 e. The van der Waals surface area contributed by atoms with Crippen LogP contribution in [0.5, 0.6) is 0 Å². The Bertz CT molecular complexity index is 630. The SMILES string of the molecule is CCCC[C@H]1CCc2nc(CC(=O)CNCC(=O)CCCCCCCS)sc2C1. The van der Waals surface area contributed by atoms with Gasteiger partial charge in [-0.25, -0.2) is 4.98 Å². The first kappa shape index (κ1) is 24.5. The molecule has 0 radical (unpaired) electrons. The number of thiol groups is 1. The van der Waals surface area contributed by atoms with E-state index in [2.05, 4.69) is 24.9 Å². The highest BCUT2D eigenvalue weighted by molar-refractivity contribution is 7.80. The third-order valence-corrected chi connectivity index (χ3v) is 7.09. The Labute approximate surface area is 186 Å². The van der Waals surface area contributed by atoms with Crippen molar-refractivity contribution < 1.29 is 9.59 Å². The van der Waals surface area contributed by atoms with Gasteiger partial charge in [0.2, 0.25) is 0 Å². The highest BCUT2D eigenvalue weighted by Crippen LogP contribution is 2.32. The molecule has 0 unspecified atom stereocenters. The number of unbranched alkanes of at least 4 members (excludes halogenated alkanes) is 5. The van der Waals surface area contributed by atoms with E-state index >= 15 is 0 Å². The largest absolute Gasteiger partial charge is 0.303 e. The van der Waals surface area contributed by atoms with E-state index in [9.17, 15) is 9.59 Å². The van der Waals surface area contributed by atoms with Crippen LogP contribution < -0.4 is 5.32 Å². The lowest BCUT2D eigenvalue weighted by atomic mass is 9.87.